The number of hydrogen-bond donors (Lipinski definition) is 1. The maximum Gasteiger partial charge on any atom is 0.128 e. The summed E-state index contributed by atoms with van der Waals surface area (Å²) in [5.74, 6) is 1.78. The van der Waals surface area contributed by atoms with Crippen LogP contribution in [0.1, 0.15) is 11.6 Å². The Hall–Kier alpha value is -0.580. The zero-order chi connectivity index (χ0) is 11.4. The number of ether oxygens (including phenoxy) is 1. The van der Waals surface area contributed by atoms with Crippen molar-refractivity contribution in [2.45, 2.75) is 12.1 Å². The molecule has 0 saturated carbocycles. The topological polar surface area (TPSA) is 21.3 Å². The molecule has 1 aliphatic rings. The van der Waals surface area contributed by atoms with Gasteiger partial charge in [0.05, 0.1) is 18.8 Å². The Morgan fingerprint density at radius 1 is 1.50 bits per heavy atom. The van der Waals surface area contributed by atoms with Gasteiger partial charge in [0, 0.05) is 17.1 Å². The molecular weight excluding hydrogens is 225 g/mol. The Balaban J connectivity index is 2.18. The van der Waals surface area contributed by atoms with Crippen LogP contribution in [0.15, 0.2) is 24.3 Å². The number of nitrogens with one attached hydrogen (secondary N) is 1. The lowest BCUT2D eigenvalue weighted by molar-refractivity contribution is 0.0479. The first kappa shape index (κ1) is 11.9. The van der Waals surface area contributed by atoms with E-state index in [4.69, 9.17) is 4.74 Å². The van der Waals surface area contributed by atoms with E-state index in [2.05, 4.69) is 5.32 Å². The number of likely N-dealkylation sites (N-methyl/N-ethyl adjacent to an activating group) is 1. The third-order valence-corrected chi connectivity index (χ3v) is 3.78. The van der Waals surface area contributed by atoms with Gasteiger partial charge in [0.15, 0.2) is 0 Å². The average molecular weight is 241 g/mol. The standard InChI is InChI=1S/C12H16FNOS/c1-14-12(11-8-16-7-6-15-11)9-4-2-3-5-10(9)13/h2-5,11-12,14H,6-8H2,1H3. The molecule has 88 valence electrons. The molecule has 1 aromatic carbocycles. The van der Waals surface area contributed by atoms with Crippen molar-refractivity contribution in [1.29, 1.82) is 0 Å². The Morgan fingerprint density at radius 3 is 2.94 bits per heavy atom. The van der Waals surface area contributed by atoms with E-state index in [0.29, 0.717) is 5.56 Å². The molecule has 1 aliphatic heterocycles. The van der Waals surface area contributed by atoms with E-state index in [1.807, 2.05) is 30.9 Å². The van der Waals surface area contributed by atoms with Crippen molar-refractivity contribution in [2.24, 2.45) is 0 Å². The molecule has 0 spiro atoms. The number of halogens is 1. The molecule has 1 heterocycles. The minimum Gasteiger partial charge on any atom is -0.375 e. The molecule has 2 unspecified atom stereocenters. The van der Waals surface area contributed by atoms with Gasteiger partial charge in [0.25, 0.3) is 0 Å². The van der Waals surface area contributed by atoms with Crippen LogP contribution in [0.4, 0.5) is 4.39 Å². The van der Waals surface area contributed by atoms with E-state index in [1.165, 1.54) is 6.07 Å². The Kier molecular flexibility index (Phi) is 4.21. The van der Waals surface area contributed by atoms with Crippen molar-refractivity contribution < 1.29 is 9.13 Å². The van der Waals surface area contributed by atoms with Gasteiger partial charge in [-0.05, 0) is 13.1 Å². The Morgan fingerprint density at radius 2 is 2.31 bits per heavy atom. The van der Waals surface area contributed by atoms with Gasteiger partial charge in [-0.2, -0.15) is 11.8 Å². The van der Waals surface area contributed by atoms with Crippen molar-refractivity contribution in [3.05, 3.63) is 35.6 Å². The quantitative estimate of drug-likeness (QED) is 0.876. The smallest absolute Gasteiger partial charge is 0.128 e. The summed E-state index contributed by atoms with van der Waals surface area (Å²) in [5.41, 5.74) is 0.692. The minimum atomic E-state index is -0.166. The van der Waals surface area contributed by atoms with Crippen LogP contribution in [0.2, 0.25) is 0 Å². The Labute approximate surface area is 99.6 Å². The van der Waals surface area contributed by atoms with Gasteiger partial charge in [0.1, 0.15) is 5.82 Å². The Bertz CT molecular complexity index is 342. The van der Waals surface area contributed by atoms with Crippen molar-refractivity contribution in [2.75, 3.05) is 25.2 Å². The van der Waals surface area contributed by atoms with Crippen LogP contribution >= 0.6 is 11.8 Å². The van der Waals surface area contributed by atoms with Crippen LogP contribution in [-0.4, -0.2) is 31.3 Å². The molecule has 2 atom stereocenters. The maximum atomic E-state index is 13.7. The van der Waals surface area contributed by atoms with E-state index >= 15 is 0 Å². The SMILES string of the molecule is CNC(c1ccccc1F)C1CSCCO1. The van der Waals surface area contributed by atoms with E-state index < -0.39 is 0 Å². The second-order valence-electron chi connectivity index (χ2n) is 3.77. The lowest BCUT2D eigenvalue weighted by Crippen LogP contribution is -2.37. The highest BCUT2D eigenvalue weighted by Crippen LogP contribution is 2.26. The molecule has 2 rings (SSSR count). The lowest BCUT2D eigenvalue weighted by Gasteiger charge is -2.30. The summed E-state index contributed by atoms with van der Waals surface area (Å²) >= 11 is 1.86. The monoisotopic (exact) mass is 241 g/mol. The molecule has 16 heavy (non-hydrogen) atoms. The fourth-order valence-electron chi connectivity index (χ4n) is 1.97. The molecule has 1 N–H and O–H groups in total. The molecule has 0 bridgehead atoms. The number of benzene rings is 1. The van der Waals surface area contributed by atoms with Crippen LogP contribution in [-0.2, 0) is 4.74 Å². The van der Waals surface area contributed by atoms with Crippen LogP contribution in [0.3, 0.4) is 0 Å². The summed E-state index contributed by atoms with van der Waals surface area (Å²) in [4.78, 5) is 0. The van der Waals surface area contributed by atoms with Crippen molar-refractivity contribution in [1.82, 2.24) is 5.32 Å². The first-order valence-corrected chi connectivity index (χ1v) is 6.59. The van der Waals surface area contributed by atoms with Crippen molar-refractivity contribution in [3.63, 3.8) is 0 Å². The largest absolute Gasteiger partial charge is 0.375 e. The summed E-state index contributed by atoms with van der Waals surface area (Å²) in [6.45, 7) is 0.752. The molecule has 1 saturated heterocycles. The molecule has 0 amide bonds. The van der Waals surface area contributed by atoms with Crippen LogP contribution < -0.4 is 5.32 Å². The summed E-state index contributed by atoms with van der Waals surface area (Å²) in [7, 11) is 1.85. The molecule has 0 aromatic heterocycles. The second kappa shape index (κ2) is 5.66. The van der Waals surface area contributed by atoms with Gasteiger partial charge >= 0.3 is 0 Å². The summed E-state index contributed by atoms with van der Waals surface area (Å²) in [6.07, 6.45) is 0.0562. The van der Waals surface area contributed by atoms with Gasteiger partial charge in [-0.25, -0.2) is 4.39 Å². The van der Waals surface area contributed by atoms with E-state index in [1.54, 1.807) is 6.07 Å². The molecule has 1 aromatic rings. The van der Waals surface area contributed by atoms with Crippen LogP contribution in [0, 0.1) is 5.82 Å². The molecule has 0 radical (unpaired) electrons. The lowest BCUT2D eigenvalue weighted by atomic mass is 10.0. The van der Waals surface area contributed by atoms with E-state index in [9.17, 15) is 4.39 Å². The summed E-state index contributed by atoms with van der Waals surface area (Å²) in [6, 6.07) is 6.82. The van der Waals surface area contributed by atoms with Crippen molar-refractivity contribution >= 4 is 11.8 Å². The first-order chi connectivity index (χ1) is 7.83. The normalized spacial score (nSPS) is 23.0. The fourth-order valence-corrected chi connectivity index (χ4v) is 2.87. The van der Waals surface area contributed by atoms with Crippen molar-refractivity contribution in [3.8, 4) is 0 Å². The summed E-state index contributed by atoms with van der Waals surface area (Å²) < 4.78 is 19.4. The van der Waals surface area contributed by atoms with Crippen LogP contribution in [0.5, 0.6) is 0 Å². The highest BCUT2D eigenvalue weighted by molar-refractivity contribution is 7.99. The molecule has 1 fully saturated rings. The molecule has 4 heteroatoms. The van der Waals surface area contributed by atoms with E-state index in [0.717, 1.165) is 18.1 Å². The van der Waals surface area contributed by atoms with Gasteiger partial charge in [-0.1, -0.05) is 18.2 Å². The fraction of sp³-hybridized carbons (Fsp3) is 0.500. The third kappa shape index (κ3) is 2.56. The number of rotatable bonds is 3. The number of hydrogen-bond acceptors (Lipinski definition) is 3. The predicted molar refractivity (Wildman–Crippen MR) is 65.3 cm³/mol. The second-order valence-corrected chi connectivity index (χ2v) is 4.92. The molecule has 0 aliphatic carbocycles. The van der Waals surface area contributed by atoms with Crippen LogP contribution in [0.25, 0.3) is 0 Å². The van der Waals surface area contributed by atoms with Gasteiger partial charge in [0.2, 0.25) is 0 Å². The zero-order valence-corrected chi connectivity index (χ0v) is 10.1. The van der Waals surface area contributed by atoms with Gasteiger partial charge in [-0.15, -0.1) is 0 Å². The predicted octanol–water partition coefficient (Wildman–Crippen LogP) is 2.22. The molecular formula is C12H16FNOS. The zero-order valence-electron chi connectivity index (χ0n) is 9.28. The first-order valence-electron chi connectivity index (χ1n) is 5.44. The van der Waals surface area contributed by atoms with Gasteiger partial charge < -0.3 is 10.1 Å². The summed E-state index contributed by atoms with van der Waals surface area (Å²) in [5, 5.41) is 3.15. The minimum absolute atomic E-state index is 0.0562. The van der Waals surface area contributed by atoms with E-state index in [-0.39, 0.29) is 18.0 Å². The highest BCUT2D eigenvalue weighted by atomic mass is 32.2. The average Bonchev–Trinajstić information content (AvgIpc) is 2.34. The maximum absolute atomic E-state index is 13.7. The molecule has 2 nitrogen and oxygen atoms in total. The third-order valence-electron chi connectivity index (χ3n) is 2.76. The highest BCUT2D eigenvalue weighted by Gasteiger charge is 2.26. The van der Waals surface area contributed by atoms with Gasteiger partial charge in [-0.3, -0.25) is 0 Å². The number of thioether (sulfide) groups is 1.